The fourth-order valence-corrected chi connectivity index (χ4v) is 5.46. The molecule has 5 rings (SSSR count). The highest BCUT2D eigenvalue weighted by Gasteiger charge is 2.38. The third-order valence-electron chi connectivity index (χ3n) is 6.16. The molecule has 1 fully saturated rings. The van der Waals surface area contributed by atoms with Gasteiger partial charge in [-0.1, -0.05) is 23.5 Å². The normalized spacial score (nSPS) is 18.2. The van der Waals surface area contributed by atoms with E-state index in [0.717, 1.165) is 41.5 Å². The molecule has 1 aromatic carbocycles. The predicted molar refractivity (Wildman–Crippen MR) is 143 cm³/mol. The molecule has 14 heteroatoms. The minimum absolute atomic E-state index is 0.0375. The van der Waals surface area contributed by atoms with Gasteiger partial charge in [-0.05, 0) is 50.1 Å². The van der Waals surface area contributed by atoms with E-state index in [1.54, 1.807) is 18.3 Å². The van der Waals surface area contributed by atoms with E-state index in [1.807, 2.05) is 26.0 Å². The number of aromatic nitrogens is 2. The van der Waals surface area contributed by atoms with Gasteiger partial charge in [0.05, 0.1) is 24.9 Å². The van der Waals surface area contributed by atoms with Gasteiger partial charge in [0.15, 0.2) is 5.13 Å². The number of benzene rings is 1. The van der Waals surface area contributed by atoms with E-state index < -0.39 is 12.1 Å². The molecule has 3 aromatic rings. The molecule has 4 heterocycles. The number of hydrogen-bond acceptors (Lipinski definition) is 8. The van der Waals surface area contributed by atoms with Gasteiger partial charge in [0, 0.05) is 30.4 Å². The summed E-state index contributed by atoms with van der Waals surface area (Å²) in [6, 6.07) is 11.7. The zero-order valence-corrected chi connectivity index (χ0v) is 22.5. The standard InChI is InChI=1S/C24H27N5O3S.C2HF3O2/c1-24(2)13-19-20(22(31)28-24)33-23(27-19)29-9-10-32-14-17(29)12-15-5-3-6-16(11-15)26-18-7-4-8-25-21(18)30;3-2(4,5)1(6)7/h3-8,11,17,26H,9-10,12-14H2,1-2H3,(H,25,30)(H,28,31);(H,6,7). The van der Waals surface area contributed by atoms with E-state index in [-0.39, 0.29) is 23.0 Å². The van der Waals surface area contributed by atoms with E-state index in [2.05, 4.69) is 32.7 Å². The van der Waals surface area contributed by atoms with Crippen LogP contribution in [0.5, 0.6) is 0 Å². The quantitative estimate of drug-likeness (QED) is 0.359. The average Bonchev–Trinajstić information content (AvgIpc) is 3.29. The van der Waals surface area contributed by atoms with Crippen LogP contribution in [0.1, 0.15) is 34.8 Å². The Hall–Kier alpha value is -3.91. The van der Waals surface area contributed by atoms with Crippen molar-refractivity contribution in [1.29, 1.82) is 0 Å². The number of carbonyl (C=O) groups excluding carboxylic acids is 1. The number of pyridine rings is 1. The Morgan fingerprint density at radius 1 is 1.27 bits per heavy atom. The number of anilines is 3. The van der Waals surface area contributed by atoms with Gasteiger partial charge in [-0.3, -0.25) is 9.59 Å². The van der Waals surface area contributed by atoms with Crippen molar-refractivity contribution in [2.45, 2.75) is 44.4 Å². The number of amides is 1. The maximum absolute atomic E-state index is 12.6. The summed E-state index contributed by atoms with van der Waals surface area (Å²) in [5, 5.41) is 14.3. The first kappa shape index (κ1) is 29.1. The highest BCUT2D eigenvalue weighted by molar-refractivity contribution is 7.17. The average molecular weight is 580 g/mol. The molecule has 4 N–H and O–H groups in total. The number of rotatable bonds is 5. The second kappa shape index (κ2) is 11.7. The van der Waals surface area contributed by atoms with E-state index in [4.69, 9.17) is 19.6 Å². The van der Waals surface area contributed by atoms with Crippen molar-refractivity contribution in [2.75, 3.05) is 30.0 Å². The first-order valence-electron chi connectivity index (χ1n) is 12.3. The minimum atomic E-state index is -5.08. The van der Waals surface area contributed by atoms with Crippen LogP contribution < -0.4 is 21.1 Å². The Labute approximate surface area is 231 Å². The Balaban J connectivity index is 0.000000470. The number of hydrogen-bond donors (Lipinski definition) is 4. The van der Waals surface area contributed by atoms with E-state index in [0.29, 0.717) is 23.8 Å². The molecular formula is C26H28F3N5O5S. The van der Waals surface area contributed by atoms with Crippen LogP contribution in [0.15, 0.2) is 47.4 Å². The lowest BCUT2D eigenvalue weighted by molar-refractivity contribution is -0.192. The number of ether oxygens (including phenoxy) is 1. The number of aromatic amines is 1. The van der Waals surface area contributed by atoms with Gasteiger partial charge < -0.3 is 30.4 Å². The van der Waals surface area contributed by atoms with Crippen LogP contribution in [-0.2, 0) is 22.4 Å². The zero-order chi connectivity index (χ0) is 29.1. The van der Waals surface area contributed by atoms with Crippen LogP contribution in [0.25, 0.3) is 0 Å². The third kappa shape index (κ3) is 7.18. The highest BCUT2D eigenvalue weighted by atomic mass is 32.1. The van der Waals surface area contributed by atoms with Crippen LogP contribution in [-0.4, -0.2) is 64.5 Å². The van der Waals surface area contributed by atoms with Gasteiger partial charge in [0.1, 0.15) is 10.6 Å². The number of carboxylic acids is 1. The largest absolute Gasteiger partial charge is 0.490 e. The lowest BCUT2D eigenvalue weighted by Crippen LogP contribution is -2.48. The Morgan fingerprint density at radius 2 is 2.02 bits per heavy atom. The van der Waals surface area contributed by atoms with Gasteiger partial charge in [-0.2, -0.15) is 13.2 Å². The molecule has 0 spiro atoms. The zero-order valence-electron chi connectivity index (χ0n) is 21.7. The number of nitrogens with zero attached hydrogens (tertiary/aromatic N) is 2. The monoisotopic (exact) mass is 579 g/mol. The summed E-state index contributed by atoms with van der Waals surface area (Å²) in [6.07, 6.45) is -1.98. The molecule has 2 aliphatic heterocycles. The number of carbonyl (C=O) groups is 2. The van der Waals surface area contributed by atoms with Crippen LogP contribution in [0.2, 0.25) is 0 Å². The molecule has 1 saturated heterocycles. The molecule has 1 unspecified atom stereocenters. The maximum Gasteiger partial charge on any atom is 0.490 e. The van der Waals surface area contributed by atoms with Crippen LogP contribution in [0, 0.1) is 0 Å². The number of halogens is 3. The molecule has 0 radical (unpaired) electrons. The Kier molecular flexibility index (Phi) is 8.49. The first-order valence-corrected chi connectivity index (χ1v) is 13.1. The van der Waals surface area contributed by atoms with Gasteiger partial charge in [0.25, 0.3) is 11.5 Å². The molecule has 0 bridgehead atoms. The van der Waals surface area contributed by atoms with Crippen LogP contribution in [0.3, 0.4) is 0 Å². The molecule has 1 amide bonds. The minimum Gasteiger partial charge on any atom is -0.475 e. The van der Waals surface area contributed by atoms with Crippen LogP contribution in [0.4, 0.5) is 29.7 Å². The van der Waals surface area contributed by atoms with Crippen molar-refractivity contribution in [3.63, 3.8) is 0 Å². The number of aliphatic carboxylic acids is 1. The first-order chi connectivity index (χ1) is 18.8. The summed E-state index contributed by atoms with van der Waals surface area (Å²) in [6.45, 7) is 6.01. The molecule has 0 saturated carbocycles. The summed E-state index contributed by atoms with van der Waals surface area (Å²) < 4.78 is 37.5. The summed E-state index contributed by atoms with van der Waals surface area (Å²) in [5.74, 6) is -2.79. The van der Waals surface area contributed by atoms with Gasteiger partial charge in [-0.25, -0.2) is 9.78 Å². The highest BCUT2D eigenvalue weighted by Crippen LogP contribution is 2.34. The van der Waals surface area contributed by atoms with E-state index in [1.165, 1.54) is 11.3 Å². The smallest absolute Gasteiger partial charge is 0.475 e. The SMILES string of the molecule is CC1(C)Cc2nc(N3CCOCC3Cc3cccc(Nc4ccc[nH]c4=O)c3)sc2C(=O)N1.O=C(O)C(F)(F)F. The topological polar surface area (TPSA) is 137 Å². The molecule has 1 atom stereocenters. The number of H-pyrrole nitrogens is 1. The summed E-state index contributed by atoms with van der Waals surface area (Å²) in [4.78, 5) is 44.0. The number of morpholine rings is 1. The van der Waals surface area contributed by atoms with Gasteiger partial charge in [0.2, 0.25) is 0 Å². The predicted octanol–water partition coefficient (Wildman–Crippen LogP) is 3.72. The fourth-order valence-electron chi connectivity index (χ4n) is 4.39. The molecule has 40 heavy (non-hydrogen) atoms. The van der Waals surface area contributed by atoms with Crippen molar-refractivity contribution in [2.24, 2.45) is 0 Å². The molecule has 10 nitrogen and oxygen atoms in total. The van der Waals surface area contributed by atoms with Crippen molar-refractivity contribution in [3.05, 3.63) is 69.1 Å². The number of nitrogens with one attached hydrogen (secondary N) is 3. The van der Waals surface area contributed by atoms with Crippen molar-refractivity contribution >= 4 is 39.7 Å². The van der Waals surface area contributed by atoms with E-state index in [9.17, 15) is 22.8 Å². The van der Waals surface area contributed by atoms with Gasteiger partial charge in [-0.15, -0.1) is 0 Å². The van der Waals surface area contributed by atoms with Crippen molar-refractivity contribution in [3.8, 4) is 0 Å². The second-order valence-corrected chi connectivity index (χ2v) is 10.9. The molecule has 2 aliphatic rings. The Morgan fingerprint density at radius 3 is 2.73 bits per heavy atom. The Bertz CT molecular complexity index is 1440. The maximum atomic E-state index is 12.6. The second-order valence-electron chi connectivity index (χ2n) is 9.95. The molecular weight excluding hydrogens is 551 g/mol. The number of alkyl halides is 3. The molecule has 214 valence electrons. The van der Waals surface area contributed by atoms with E-state index >= 15 is 0 Å². The van der Waals surface area contributed by atoms with Crippen molar-refractivity contribution in [1.82, 2.24) is 15.3 Å². The number of fused-ring (bicyclic) bond motifs is 1. The molecule has 2 aromatic heterocycles. The lowest BCUT2D eigenvalue weighted by Gasteiger charge is -2.35. The van der Waals surface area contributed by atoms with Crippen molar-refractivity contribution < 1.29 is 32.6 Å². The fraction of sp³-hybridized carbons (Fsp3) is 0.385. The third-order valence-corrected chi connectivity index (χ3v) is 7.30. The summed E-state index contributed by atoms with van der Waals surface area (Å²) in [7, 11) is 0. The summed E-state index contributed by atoms with van der Waals surface area (Å²) in [5.41, 5.74) is 2.94. The number of carboxylic acid groups (broad SMARTS) is 1. The number of thiazole rings is 1. The van der Waals surface area contributed by atoms with Gasteiger partial charge >= 0.3 is 12.1 Å². The van der Waals surface area contributed by atoms with Crippen LogP contribution >= 0.6 is 11.3 Å². The lowest BCUT2D eigenvalue weighted by atomic mass is 9.94. The molecule has 0 aliphatic carbocycles. The summed E-state index contributed by atoms with van der Waals surface area (Å²) >= 11 is 1.47.